The van der Waals surface area contributed by atoms with Crippen LogP contribution in [-0.4, -0.2) is 47.2 Å². The first-order chi connectivity index (χ1) is 13.1. The minimum Gasteiger partial charge on any atom is -0.497 e. The molecule has 6 nitrogen and oxygen atoms in total. The van der Waals surface area contributed by atoms with E-state index in [0.29, 0.717) is 16.7 Å². The number of nitrogens with one attached hydrogen (secondary N) is 1. The Morgan fingerprint density at radius 3 is 2.67 bits per heavy atom. The second kappa shape index (κ2) is 7.74. The van der Waals surface area contributed by atoms with Crippen molar-refractivity contribution < 1.29 is 9.47 Å². The summed E-state index contributed by atoms with van der Waals surface area (Å²) in [6.07, 6.45) is 2.25. The van der Waals surface area contributed by atoms with Crippen LogP contribution >= 0.6 is 11.6 Å². The Bertz CT molecular complexity index is 921. The molecule has 1 aliphatic heterocycles. The normalized spacial score (nSPS) is 18.0. The fourth-order valence-electron chi connectivity index (χ4n) is 3.72. The van der Waals surface area contributed by atoms with E-state index in [2.05, 4.69) is 32.0 Å². The molecule has 142 valence electrons. The van der Waals surface area contributed by atoms with Crippen LogP contribution in [0, 0.1) is 0 Å². The van der Waals surface area contributed by atoms with Crippen LogP contribution in [0.25, 0.3) is 11.2 Å². The summed E-state index contributed by atoms with van der Waals surface area (Å²) in [5.74, 6) is 2.99. The van der Waals surface area contributed by atoms with Crippen molar-refractivity contribution >= 4 is 22.8 Å². The molecule has 3 aromatic rings. The lowest BCUT2D eigenvalue weighted by Crippen LogP contribution is -2.34. The van der Waals surface area contributed by atoms with E-state index in [4.69, 9.17) is 21.1 Å². The van der Waals surface area contributed by atoms with Crippen LogP contribution in [0.4, 0.5) is 0 Å². The first-order valence-corrected chi connectivity index (χ1v) is 9.49. The zero-order valence-electron chi connectivity index (χ0n) is 15.5. The Labute approximate surface area is 163 Å². The van der Waals surface area contributed by atoms with Gasteiger partial charge in [-0.15, -0.1) is 0 Å². The van der Waals surface area contributed by atoms with Crippen LogP contribution in [0.1, 0.15) is 30.1 Å². The molecule has 4 rings (SSSR count). The molecular weight excluding hydrogens is 364 g/mol. The van der Waals surface area contributed by atoms with Crippen molar-refractivity contribution in [1.29, 1.82) is 0 Å². The molecule has 0 aliphatic carbocycles. The third-order valence-electron chi connectivity index (χ3n) is 5.04. The molecule has 1 N–H and O–H groups in total. The summed E-state index contributed by atoms with van der Waals surface area (Å²) in [7, 11) is 3.36. The molecule has 0 unspecified atom stereocenters. The molecule has 1 aromatic carbocycles. The Morgan fingerprint density at radius 1 is 1.15 bits per heavy atom. The number of imidazole rings is 1. The van der Waals surface area contributed by atoms with E-state index in [-0.39, 0.29) is 0 Å². The number of nitrogens with zero attached hydrogens (tertiary/aromatic N) is 3. The summed E-state index contributed by atoms with van der Waals surface area (Å²) in [6, 6.07) is 9.76. The SMILES string of the molecule is COc1cc(CN2CCC[C@H](c3nc4nc(Cl)ccc4[nH]3)C2)cc(OC)c1. The van der Waals surface area contributed by atoms with Crippen LogP contribution in [0.5, 0.6) is 11.5 Å². The van der Waals surface area contributed by atoms with E-state index in [1.54, 1.807) is 20.3 Å². The van der Waals surface area contributed by atoms with Gasteiger partial charge in [-0.1, -0.05) is 11.6 Å². The quantitative estimate of drug-likeness (QED) is 0.671. The predicted molar refractivity (Wildman–Crippen MR) is 106 cm³/mol. The number of aromatic amines is 1. The number of aromatic nitrogens is 3. The highest BCUT2D eigenvalue weighted by molar-refractivity contribution is 6.29. The van der Waals surface area contributed by atoms with Crippen molar-refractivity contribution in [3.05, 3.63) is 46.9 Å². The zero-order valence-corrected chi connectivity index (χ0v) is 16.3. The maximum absolute atomic E-state index is 5.98. The number of rotatable bonds is 5. The van der Waals surface area contributed by atoms with Gasteiger partial charge in [0.05, 0.1) is 19.7 Å². The monoisotopic (exact) mass is 386 g/mol. The van der Waals surface area contributed by atoms with Crippen molar-refractivity contribution in [3.8, 4) is 11.5 Å². The van der Waals surface area contributed by atoms with Gasteiger partial charge < -0.3 is 14.5 Å². The lowest BCUT2D eigenvalue weighted by Gasteiger charge is -2.31. The van der Waals surface area contributed by atoms with Crippen LogP contribution in [0.3, 0.4) is 0 Å². The number of halogens is 1. The molecule has 27 heavy (non-hydrogen) atoms. The van der Waals surface area contributed by atoms with Gasteiger partial charge in [-0.25, -0.2) is 9.97 Å². The lowest BCUT2D eigenvalue weighted by atomic mass is 9.97. The Morgan fingerprint density at radius 2 is 1.93 bits per heavy atom. The topological polar surface area (TPSA) is 63.3 Å². The molecular formula is C20H23ClN4O2. The van der Waals surface area contributed by atoms with E-state index < -0.39 is 0 Å². The summed E-state index contributed by atoms with van der Waals surface area (Å²) >= 11 is 5.98. The van der Waals surface area contributed by atoms with E-state index in [1.165, 1.54) is 5.56 Å². The number of hydrogen-bond donors (Lipinski definition) is 1. The second-order valence-corrected chi connectivity index (χ2v) is 7.31. The molecule has 1 saturated heterocycles. The second-order valence-electron chi connectivity index (χ2n) is 6.92. The Hall–Kier alpha value is -2.31. The number of hydrogen-bond acceptors (Lipinski definition) is 5. The highest BCUT2D eigenvalue weighted by Crippen LogP contribution is 2.29. The third-order valence-corrected chi connectivity index (χ3v) is 5.25. The van der Waals surface area contributed by atoms with Crippen molar-refractivity contribution in [1.82, 2.24) is 19.9 Å². The molecule has 3 heterocycles. The van der Waals surface area contributed by atoms with Crippen molar-refractivity contribution in [2.45, 2.75) is 25.3 Å². The number of likely N-dealkylation sites (tertiary alicyclic amines) is 1. The molecule has 0 radical (unpaired) electrons. The summed E-state index contributed by atoms with van der Waals surface area (Å²) in [5.41, 5.74) is 2.81. The molecule has 0 amide bonds. The van der Waals surface area contributed by atoms with E-state index in [0.717, 1.165) is 55.3 Å². The van der Waals surface area contributed by atoms with Crippen LogP contribution in [0.2, 0.25) is 5.15 Å². The molecule has 0 saturated carbocycles. The summed E-state index contributed by atoms with van der Waals surface area (Å²) in [6.45, 7) is 2.88. The van der Waals surface area contributed by atoms with Gasteiger partial charge in [0.1, 0.15) is 22.5 Å². The molecule has 7 heteroatoms. The van der Waals surface area contributed by atoms with Gasteiger partial charge in [0.2, 0.25) is 0 Å². The maximum Gasteiger partial charge on any atom is 0.179 e. The largest absolute Gasteiger partial charge is 0.497 e. The average Bonchev–Trinajstić information content (AvgIpc) is 3.11. The molecule has 2 aromatic heterocycles. The Balaban J connectivity index is 1.50. The number of piperidine rings is 1. The van der Waals surface area contributed by atoms with Gasteiger partial charge in [-0.2, -0.15) is 0 Å². The van der Waals surface area contributed by atoms with Gasteiger partial charge in [0, 0.05) is 25.1 Å². The van der Waals surface area contributed by atoms with E-state index in [1.807, 2.05) is 12.1 Å². The van der Waals surface area contributed by atoms with Gasteiger partial charge >= 0.3 is 0 Å². The minimum atomic E-state index is 0.360. The van der Waals surface area contributed by atoms with Crippen LogP contribution in [0.15, 0.2) is 30.3 Å². The van der Waals surface area contributed by atoms with Crippen molar-refractivity contribution in [2.75, 3.05) is 27.3 Å². The standard InChI is InChI=1S/C20H23ClN4O2/c1-26-15-8-13(9-16(10-15)27-2)11-25-7-3-4-14(12-25)19-22-17-5-6-18(21)23-20(17)24-19/h5-6,8-10,14H,3-4,7,11-12H2,1-2H3,(H,22,23,24)/t14-/m0/s1. The average molecular weight is 387 g/mol. The molecule has 0 bridgehead atoms. The van der Waals surface area contributed by atoms with E-state index >= 15 is 0 Å². The summed E-state index contributed by atoms with van der Waals surface area (Å²) in [4.78, 5) is 14.8. The highest BCUT2D eigenvalue weighted by atomic mass is 35.5. The van der Waals surface area contributed by atoms with Crippen LogP contribution < -0.4 is 9.47 Å². The van der Waals surface area contributed by atoms with Gasteiger partial charge in [-0.3, -0.25) is 4.90 Å². The van der Waals surface area contributed by atoms with Gasteiger partial charge in [-0.05, 0) is 49.2 Å². The number of benzene rings is 1. The first-order valence-electron chi connectivity index (χ1n) is 9.11. The molecule has 1 fully saturated rings. The number of fused-ring (bicyclic) bond motifs is 1. The fraction of sp³-hybridized carbons (Fsp3) is 0.400. The number of ether oxygens (including phenoxy) is 2. The lowest BCUT2D eigenvalue weighted by molar-refractivity contribution is 0.196. The highest BCUT2D eigenvalue weighted by Gasteiger charge is 2.24. The third kappa shape index (κ3) is 4.01. The predicted octanol–water partition coefficient (Wildman–Crippen LogP) is 4.01. The number of methoxy groups -OCH3 is 2. The summed E-state index contributed by atoms with van der Waals surface area (Å²) < 4.78 is 10.8. The van der Waals surface area contributed by atoms with Gasteiger partial charge in [0.25, 0.3) is 0 Å². The number of H-pyrrole nitrogens is 1. The fourth-order valence-corrected chi connectivity index (χ4v) is 3.86. The van der Waals surface area contributed by atoms with Crippen molar-refractivity contribution in [3.63, 3.8) is 0 Å². The first kappa shape index (κ1) is 18.1. The Kier molecular flexibility index (Phi) is 5.18. The molecule has 1 aliphatic rings. The number of pyridine rings is 1. The minimum absolute atomic E-state index is 0.360. The van der Waals surface area contributed by atoms with Crippen LogP contribution in [-0.2, 0) is 6.54 Å². The molecule has 0 spiro atoms. The van der Waals surface area contributed by atoms with E-state index in [9.17, 15) is 0 Å². The molecule has 1 atom stereocenters. The maximum atomic E-state index is 5.98. The smallest absolute Gasteiger partial charge is 0.179 e. The zero-order chi connectivity index (χ0) is 18.8. The summed E-state index contributed by atoms with van der Waals surface area (Å²) in [5, 5.41) is 0.470. The van der Waals surface area contributed by atoms with Gasteiger partial charge in [0.15, 0.2) is 5.65 Å². The van der Waals surface area contributed by atoms with Crippen molar-refractivity contribution in [2.24, 2.45) is 0 Å².